The van der Waals surface area contributed by atoms with Gasteiger partial charge in [-0.15, -0.1) is 0 Å². The van der Waals surface area contributed by atoms with Gasteiger partial charge in [-0.1, -0.05) is 182 Å². The fraction of sp³-hybridized carbons (Fsp3) is 0.0370. The lowest BCUT2D eigenvalue weighted by Crippen LogP contribution is -2.02. The molecule has 4 nitrogen and oxygen atoms in total. The first-order chi connectivity index (χ1) is 28.6. The van der Waals surface area contributed by atoms with Crippen molar-refractivity contribution in [1.82, 2.24) is 15.0 Å². The smallest absolute Gasteiger partial charge is 0.161 e. The maximum Gasteiger partial charge on any atom is 0.161 e. The van der Waals surface area contributed by atoms with E-state index < -0.39 is 0 Å². The van der Waals surface area contributed by atoms with E-state index in [-0.39, 0.29) is 0 Å². The van der Waals surface area contributed by atoms with Crippen LogP contribution in [0, 0.1) is 25.2 Å². The van der Waals surface area contributed by atoms with Crippen LogP contribution in [-0.2, 0) is 0 Å². The molecule has 0 atom stereocenters. The van der Waals surface area contributed by atoms with Crippen molar-refractivity contribution in [2.75, 3.05) is 0 Å². The fourth-order valence-corrected chi connectivity index (χ4v) is 7.93. The SMILES string of the molecule is Cc1c(-c2ccccc2)cc(-c2ccccc2-c2cccc(C#N)c2-c2ccccc2-c2nc(-c3ccccc3)c(C)c(-c3ccccc3)n2)nc1-c1ccccc1. The first kappa shape index (κ1) is 35.9. The van der Waals surface area contributed by atoms with Crippen molar-refractivity contribution in [3.63, 3.8) is 0 Å². The molecule has 4 heteroatoms. The van der Waals surface area contributed by atoms with E-state index in [9.17, 15) is 5.26 Å². The molecule has 0 N–H and O–H groups in total. The fourth-order valence-electron chi connectivity index (χ4n) is 7.93. The molecule has 2 aromatic heterocycles. The molecule has 0 spiro atoms. The van der Waals surface area contributed by atoms with E-state index >= 15 is 0 Å². The van der Waals surface area contributed by atoms with Crippen LogP contribution < -0.4 is 0 Å². The Balaban J connectivity index is 1.28. The second-order valence-electron chi connectivity index (χ2n) is 14.3. The van der Waals surface area contributed by atoms with Gasteiger partial charge in [0.05, 0.1) is 34.4 Å². The molecule has 0 saturated carbocycles. The summed E-state index contributed by atoms with van der Waals surface area (Å²) in [5, 5.41) is 10.8. The lowest BCUT2D eigenvalue weighted by atomic mass is 9.85. The van der Waals surface area contributed by atoms with Gasteiger partial charge in [-0.05, 0) is 59.4 Å². The Hall–Kier alpha value is -7.74. The van der Waals surface area contributed by atoms with Crippen LogP contribution in [0.15, 0.2) is 194 Å². The summed E-state index contributed by atoms with van der Waals surface area (Å²) in [4.78, 5) is 16.0. The van der Waals surface area contributed by atoms with Gasteiger partial charge in [0.15, 0.2) is 5.82 Å². The Bertz CT molecular complexity index is 2830. The highest BCUT2D eigenvalue weighted by molar-refractivity contribution is 5.98. The number of benzene rings is 7. The van der Waals surface area contributed by atoms with Gasteiger partial charge in [-0.3, -0.25) is 0 Å². The Morgan fingerprint density at radius 1 is 0.362 bits per heavy atom. The second-order valence-corrected chi connectivity index (χ2v) is 14.3. The summed E-state index contributed by atoms with van der Waals surface area (Å²) in [5.41, 5.74) is 16.9. The van der Waals surface area contributed by atoms with Crippen LogP contribution in [0.2, 0.25) is 0 Å². The van der Waals surface area contributed by atoms with E-state index in [1.165, 1.54) is 0 Å². The third-order valence-corrected chi connectivity index (χ3v) is 10.8. The van der Waals surface area contributed by atoms with Crippen molar-refractivity contribution < 1.29 is 0 Å². The molecule has 274 valence electrons. The molecule has 0 aliphatic rings. The Morgan fingerprint density at radius 3 is 1.33 bits per heavy atom. The standard InChI is InChI=1S/C54H38N4/c1-36-48(38-20-7-3-8-21-38)34-49(56-51(36)39-22-9-4-10-23-39)44-30-16-15-29-43(44)45-33-19-28-42(35-55)50(45)46-31-17-18-32-47(46)54-57-52(40-24-11-5-12-25-40)37(2)53(58-54)41-26-13-6-14-27-41/h3-34H,1-2H3. The molecule has 0 aliphatic heterocycles. The average molecular weight is 743 g/mol. The first-order valence-corrected chi connectivity index (χ1v) is 19.4. The molecule has 0 saturated heterocycles. The molecular weight excluding hydrogens is 705 g/mol. The lowest BCUT2D eigenvalue weighted by Gasteiger charge is -2.20. The molecule has 0 amide bonds. The molecule has 0 unspecified atom stereocenters. The maximum absolute atomic E-state index is 10.8. The number of nitrogens with zero attached hydrogens (tertiary/aromatic N) is 4. The summed E-state index contributed by atoms with van der Waals surface area (Å²) in [7, 11) is 0. The minimum absolute atomic E-state index is 0.560. The summed E-state index contributed by atoms with van der Waals surface area (Å²) in [6.45, 7) is 4.24. The summed E-state index contributed by atoms with van der Waals surface area (Å²) in [6.07, 6.45) is 0. The number of nitriles is 1. The van der Waals surface area contributed by atoms with Gasteiger partial charge in [0.1, 0.15) is 0 Å². The monoisotopic (exact) mass is 742 g/mol. The maximum atomic E-state index is 10.8. The second kappa shape index (κ2) is 15.8. The summed E-state index contributed by atoms with van der Waals surface area (Å²) >= 11 is 0. The Labute approximate surface area is 339 Å². The van der Waals surface area contributed by atoms with Crippen LogP contribution >= 0.6 is 0 Å². The molecule has 0 radical (unpaired) electrons. The van der Waals surface area contributed by atoms with Crippen LogP contribution in [0.25, 0.3) is 89.8 Å². The van der Waals surface area contributed by atoms with E-state index in [2.05, 4.69) is 141 Å². The van der Waals surface area contributed by atoms with E-state index in [0.29, 0.717) is 11.4 Å². The molecule has 9 rings (SSSR count). The van der Waals surface area contributed by atoms with Crippen molar-refractivity contribution in [1.29, 1.82) is 5.26 Å². The number of hydrogen-bond donors (Lipinski definition) is 0. The highest BCUT2D eigenvalue weighted by Gasteiger charge is 2.23. The van der Waals surface area contributed by atoms with Crippen LogP contribution in [0.4, 0.5) is 0 Å². The summed E-state index contributed by atoms with van der Waals surface area (Å²) < 4.78 is 0. The minimum atomic E-state index is 0.560. The first-order valence-electron chi connectivity index (χ1n) is 19.4. The van der Waals surface area contributed by atoms with Crippen molar-refractivity contribution in [3.8, 4) is 95.9 Å². The van der Waals surface area contributed by atoms with Crippen LogP contribution in [0.3, 0.4) is 0 Å². The van der Waals surface area contributed by atoms with Gasteiger partial charge < -0.3 is 0 Å². The van der Waals surface area contributed by atoms with Gasteiger partial charge in [0, 0.05) is 38.9 Å². The molecule has 0 bridgehead atoms. The van der Waals surface area contributed by atoms with E-state index in [4.69, 9.17) is 15.0 Å². The van der Waals surface area contributed by atoms with Crippen molar-refractivity contribution >= 4 is 0 Å². The molecule has 0 fully saturated rings. The topological polar surface area (TPSA) is 62.5 Å². The van der Waals surface area contributed by atoms with Gasteiger partial charge in [0.25, 0.3) is 0 Å². The quantitative estimate of drug-likeness (QED) is 0.155. The number of rotatable bonds is 8. The largest absolute Gasteiger partial charge is 0.247 e. The zero-order chi connectivity index (χ0) is 39.4. The van der Waals surface area contributed by atoms with E-state index in [1.807, 2.05) is 72.8 Å². The number of pyridine rings is 1. The highest BCUT2D eigenvalue weighted by Crippen LogP contribution is 2.44. The zero-order valence-electron chi connectivity index (χ0n) is 32.3. The van der Waals surface area contributed by atoms with Gasteiger partial charge in [-0.2, -0.15) is 5.26 Å². The molecule has 9 aromatic rings. The van der Waals surface area contributed by atoms with Crippen LogP contribution in [0.1, 0.15) is 16.7 Å². The zero-order valence-corrected chi connectivity index (χ0v) is 32.3. The third kappa shape index (κ3) is 6.76. The van der Waals surface area contributed by atoms with Crippen LogP contribution in [-0.4, -0.2) is 15.0 Å². The Kier molecular flexibility index (Phi) is 9.78. The van der Waals surface area contributed by atoms with Crippen molar-refractivity contribution in [3.05, 3.63) is 211 Å². The minimum Gasteiger partial charge on any atom is -0.247 e. The molecule has 58 heavy (non-hydrogen) atoms. The van der Waals surface area contributed by atoms with Crippen molar-refractivity contribution in [2.24, 2.45) is 0 Å². The van der Waals surface area contributed by atoms with Gasteiger partial charge in [-0.25, -0.2) is 15.0 Å². The summed E-state index contributed by atoms with van der Waals surface area (Å²) in [5.74, 6) is 0.589. The predicted molar refractivity (Wildman–Crippen MR) is 238 cm³/mol. The normalized spacial score (nSPS) is 10.9. The summed E-state index contributed by atoms with van der Waals surface area (Å²) in [6, 6.07) is 68.7. The molecule has 7 aromatic carbocycles. The third-order valence-electron chi connectivity index (χ3n) is 10.8. The average Bonchev–Trinajstić information content (AvgIpc) is 3.30. The van der Waals surface area contributed by atoms with E-state index in [1.54, 1.807) is 0 Å². The van der Waals surface area contributed by atoms with Gasteiger partial charge in [0.2, 0.25) is 0 Å². The molecule has 2 heterocycles. The van der Waals surface area contributed by atoms with Crippen LogP contribution in [0.5, 0.6) is 0 Å². The highest BCUT2D eigenvalue weighted by atomic mass is 14.9. The predicted octanol–water partition coefficient (Wildman–Crippen LogP) is 13.7. The number of aromatic nitrogens is 3. The van der Waals surface area contributed by atoms with E-state index in [0.717, 1.165) is 95.1 Å². The Morgan fingerprint density at radius 2 is 0.793 bits per heavy atom. The van der Waals surface area contributed by atoms with Gasteiger partial charge >= 0.3 is 0 Å². The lowest BCUT2D eigenvalue weighted by molar-refractivity contribution is 1.15. The number of hydrogen-bond acceptors (Lipinski definition) is 4. The molecular formula is C54H38N4. The molecule has 0 aliphatic carbocycles. The van der Waals surface area contributed by atoms with Crippen molar-refractivity contribution in [2.45, 2.75) is 13.8 Å².